The van der Waals surface area contributed by atoms with Crippen molar-refractivity contribution in [2.75, 3.05) is 5.32 Å². The van der Waals surface area contributed by atoms with Gasteiger partial charge in [0.25, 0.3) is 0 Å². The van der Waals surface area contributed by atoms with Crippen LogP contribution < -0.4 is 11.1 Å². The summed E-state index contributed by atoms with van der Waals surface area (Å²) in [4.78, 5) is 4.37. The Hall–Kier alpha value is -0.660. The number of anilines is 2. The Bertz CT molecular complexity index is 496. The zero-order valence-electron chi connectivity index (χ0n) is 8.83. The predicted molar refractivity (Wildman–Crippen MR) is 77.2 cm³/mol. The molecule has 1 heterocycles. The molecular weight excluding hydrogens is 333 g/mol. The Morgan fingerprint density at radius 3 is 2.94 bits per heavy atom. The molecule has 84 valence electrons. The third-order valence-corrected chi connectivity index (χ3v) is 3.67. The molecule has 0 bridgehead atoms. The van der Waals surface area contributed by atoms with Crippen molar-refractivity contribution in [3.8, 4) is 0 Å². The van der Waals surface area contributed by atoms with Crippen molar-refractivity contribution in [1.82, 2.24) is 4.98 Å². The first-order valence-electron chi connectivity index (χ1n) is 4.86. The molecule has 1 aromatic heterocycles. The van der Waals surface area contributed by atoms with Crippen molar-refractivity contribution in [3.05, 3.63) is 38.4 Å². The maximum absolute atomic E-state index is 5.52. The van der Waals surface area contributed by atoms with Crippen LogP contribution in [-0.2, 0) is 6.54 Å². The van der Waals surface area contributed by atoms with Crippen LogP contribution in [-0.4, -0.2) is 4.98 Å². The van der Waals surface area contributed by atoms with E-state index >= 15 is 0 Å². The van der Waals surface area contributed by atoms with Crippen molar-refractivity contribution in [3.63, 3.8) is 0 Å². The highest BCUT2D eigenvalue weighted by Crippen LogP contribution is 2.24. The topological polar surface area (TPSA) is 50.9 Å². The highest BCUT2D eigenvalue weighted by atomic mass is 127. The van der Waals surface area contributed by atoms with Gasteiger partial charge in [0.15, 0.2) is 5.13 Å². The first-order valence-corrected chi connectivity index (χ1v) is 6.82. The molecule has 0 spiro atoms. The first-order chi connectivity index (χ1) is 7.69. The molecule has 0 saturated carbocycles. The lowest BCUT2D eigenvalue weighted by molar-refractivity contribution is 1.01. The number of halogens is 1. The third-order valence-electron chi connectivity index (χ3n) is 2.19. The maximum Gasteiger partial charge on any atom is 0.187 e. The van der Waals surface area contributed by atoms with Crippen LogP contribution in [0.2, 0.25) is 0 Å². The summed E-state index contributed by atoms with van der Waals surface area (Å²) < 4.78 is 1.24. The zero-order valence-corrected chi connectivity index (χ0v) is 11.8. The molecule has 0 aliphatic heterocycles. The first kappa shape index (κ1) is 11.8. The fourth-order valence-electron chi connectivity index (χ4n) is 1.34. The van der Waals surface area contributed by atoms with Crippen molar-refractivity contribution in [2.45, 2.75) is 13.5 Å². The van der Waals surface area contributed by atoms with E-state index in [1.165, 1.54) is 9.13 Å². The quantitative estimate of drug-likeness (QED) is 0.840. The van der Waals surface area contributed by atoms with Gasteiger partial charge in [-0.15, -0.1) is 11.3 Å². The summed E-state index contributed by atoms with van der Waals surface area (Å²) in [5.41, 5.74) is 8.76. The molecule has 0 unspecified atom stereocenters. The molecule has 0 aliphatic carbocycles. The Balaban J connectivity index is 2.20. The molecule has 0 saturated heterocycles. The van der Waals surface area contributed by atoms with Crippen LogP contribution in [0.4, 0.5) is 10.8 Å². The average molecular weight is 345 g/mol. The molecule has 2 rings (SSSR count). The van der Waals surface area contributed by atoms with Crippen LogP contribution in [0.15, 0.2) is 23.6 Å². The Morgan fingerprint density at radius 1 is 1.50 bits per heavy atom. The number of aryl methyl sites for hydroxylation is 1. The minimum Gasteiger partial charge on any atom is -0.331 e. The number of hydrogen-bond donors (Lipinski definition) is 2. The van der Waals surface area contributed by atoms with Crippen LogP contribution in [0.25, 0.3) is 0 Å². The number of hydrogen-bond acceptors (Lipinski definition) is 4. The fourth-order valence-corrected chi connectivity index (χ4v) is 2.72. The molecule has 1 aromatic carbocycles. The number of nitrogens with zero attached hydrogens (tertiary/aromatic N) is 1. The van der Waals surface area contributed by atoms with Crippen LogP contribution in [0.1, 0.15) is 11.3 Å². The predicted octanol–water partition coefficient (Wildman–Crippen LogP) is 3.26. The minimum atomic E-state index is 0.490. The van der Waals surface area contributed by atoms with Gasteiger partial charge in [-0.2, -0.15) is 0 Å². The highest BCUT2D eigenvalue weighted by Gasteiger charge is 2.03. The van der Waals surface area contributed by atoms with E-state index in [0.717, 1.165) is 16.5 Å². The van der Waals surface area contributed by atoms with Crippen LogP contribution >= 0.6 is 33.9 Å². The van der Waals surface area contributed by atoms with Gasteiger partial charge in [0.1, 0.15) is 0 Å². The van der Waals surface area contributed by atoms with Crippen molar-refractivity contribution < 1.29 is 0 Å². The lowest BCUT2D eigenvalue weighted by atomic mass is 10.2. The number of thiazole rings is 1. The number of nitrogens with two attached hydrogens (primary N) is 1. The summed E-state index contributed by atoms with van der Waals surface area (Å²) in [6, 6.07) is 6.29. The Morgan fingerprint density at radius 2 is 2.31 bits per heavy atom. The van der Waals surface area contributed by atoms with Gasteiger partial charge in [0.2, 0.25) is 0 Å². The molecule has 16 heavy (non-hydrogen) atoms. The molecule has 0 atom stereocenters. The normalized spacial score (nSPS) is 10.4. The SMILES string of the molecule is Cc1cc(I)ccc1Nc1nc(CN)cs1. The van der Waals surface area contributed by atoms with Crippen molar-refractivity contribution >= 4 is 44.7 Å². The second-order valence-electron chi connectivity index (χ2n) is 3.43. The van der Waals surface area contributed by atoms with Gasteiger partial charge in [-0.05, 0) is 53.3 Å². The molecule has 3 nitrogen and oxygen atoms in total. The van der Waals surface area contributed by atoms with Gasteiger partial charge in [-0.25, -0.2) is 4.98 Å². The van der Waals surface area contributed by atoms with E-state index in [9.17, 15) is 0 Å². The van der Waals surface area contributed by atoms with Gasteiger partial charge in [0, 0.05) is 21.2 Å². The van der Waals surface area contributed by atoms with Crippen LogP contribution in [0, 0.1) is 10.5 Å². The number of nitrogens with one attached hydrogen (secondary N) is 1. The number of rotatable bonds is 3. The summed E-state index contributed by atoms with van der Waals surface area (Å²) >= 11 is 3.88. The molecule has 0 fully saturated rings. The molecule has 3 N–H and O–H groups in total. The van der Waals surface area contributed by atoms with E-state index in [4.69, 9.17) is 5.73 Å². The molecule has 2 aromatic rings. The minimum absolute atomic E-state index is 0.490. The summed E-state index contributed by atoms with van der Waals surface area (Å²) in [5, 5.41) is 6.17. The van der Waals surface area contributed by atoms with Crippen molar-refractivity contribution in [2.24, 2.45) is 5.73 Å². The molecule has 0 radical (unpaired) electrons. The van der Waals surface area contributed by atoms with E-state index in [2.05, 4.69) is 58.0 Å². The molecule has 5 heteroatoms. The van der Waals surface area contributed by atoms with Gasteiger partial charge >= 0.3 is 0 Å². The van der Waals surface area contributed by atoms with Gasteiger partial charge in [-0.3, -0.25) is 0 Å². The van der Waals surface area contributed by atoms with E-state index in [0.29, 0.717) is 6.54 Å². The monoisotopic (exact) mass is 345 g/mol. The summed E-state index contributed by atoms with van der Waals surface area (Å²) in [6.45, 7) is 2.58. The lowest BCUT2D eigenvalue weighted by Gasteiger charge is -2.06. The van der Waals surface area contributed by atoms with E-state index < -0.39 is 0 Å². The van der Waals surface area contributed by atoms with Gasteiger partial charge in [0.05, 0.1) is 5.69 Å². The summed E-state index contributed by atoms with van der Waals surface area (Å²) in [6.07, 6.45) is 0. The average Bonchev–Trinajstić information content (AvgIpc) is 2.70. The van der Waals surface area contributed by atoms with Gasteiger partial charge < -0.3 is 11.1 Å². The fraction of sp³-hybridized carbons (Fsp3) is 0.182. The number of benzene rings is 1. The van der Waals surface area contributed by atoms with Crippen LogP contribution in [0.3, 0.4) is 0 Å². The van der Waals surface area contributed by atoms with Gasteiger partial charge in [-0.1, -0.05) is 0 Å². The zero-order chi connectivity index (χ0) is 11.5. The van der Waals surface area contributed by atoms with Crippen LogP contribution in [0.5, 0.6) is 0 Å². The molecular formula is C11H12IN3S. The second kappa shape index (κ2) is 5.11. The summed E-state index contributed by atoms with van der Waals surface area (Å²) in [5.74, 6) is 0. The molecule has 0 aliphatic rings. The lowest BCUT2D eigenvalue weighted by Crippen LogP contribution is -1.97. The number of aromatic nitrogens is 1. The van der Waals surface area contributed by atoms with E-state index in [1.54, 1.807) is 11.3 Å². The van der Waals surface area contributed by atoms with Crippen molar-refractivity contribution in [1.29, 1.82) is 0 Å². The highest BCUT2D eigenvalue weighted by molar-refractivity contribution is 14.1. The maximum atomic E-state index is 5.52. The third kappa shape index (κ3) is 2.72. The second-order valence-corrected chi connectivity index (χ2v) is 5.54. The van der Waals surface area contributed by atoms with E-state index in [1.807, 2.05) is 5.38 Å². The summed E-state index contributed by atoms with van der Waals surface area (Å²) in [7, 11) is 0. The standard InChI is InChI=1S/C11H12IN3S/c1-7-4-8(12)2-3-10(7)15-11-14-9(5-13)6-16-11/h2-4,6H,5,13H2,1H3,(H,14,15). The Kier molecular flexibility index (Phi) is 3.78. The van der Waals surface area contributed by atoms with E-state index in [-0.39, 0.29) is 0 Å². The molecule has 0 amide bonds. The Labute approximate surface area is 112 Å². The largest absolute Gasteiger partial charge is 0.331 e. The smallest absolute Gasteiger partial charge is 0.187 e.